The summed E-state index contributed by atoms with van der Waals surface area (Å²) in [6.45, 7) is 4.86. The van der Waals surface area contributed by atoms with Crippen molar-refractivity contribution in [3.05, 3.63) is 125 Å². The maximum atomic E-state index is 11.6. The third kappa shape index (κ3) is 4.79. The largest absolute Gasteiger partial charge is 0.477 e. The molecule has 2 aliphatic rings. The van der Waals surface area contributed by atoms with E-state index in [1.165, 1.54) is 64.5 Å². The summed E-state index contributed by atoms with van der Waals surface area (Å²) in [5.74, 6) is -0.842. The standard InChI is InChI=1S/C42H38N2O2S/c1-3-42-25-9-8-24-41(42,2)35-27-33(20-22-36(35)44(42)34-21-19-30-10-4-5-11-32(30)26-34)31-17-14-29(15-18-31)16-23-39-43(28-40(45)46)37-12-6-7-13-38(37)47-39/h4-7,10-23,26-27H,3,8-9,24-25,28H2,1-2H3/p+1. The lowest BCUT2D eigenvalue weighted by molar-refractivity contribution is -0.657. The van der Waals surface area contributed by atoms with Crippen molar-refractivity contribution in [1.82, 2.24) is 0 Å². The topological polar surface area (TPSA) is 44.4 Å². The highest BCUT2D eigenvalue weighted by Crippen LogP contribution is 2.62. The van der Waals surface area contributed by atoms with Crippen molar-refractivity contribution in [1.29, 1.82) is 0 Å². The molecule has 1 saturated carbocycles. The molecule has 0 spiro atoms. The Morgan fingerprint density at radius 1 is 0.851 bits per heavy atom. The Morgan fingerprint density at radius 3 is 2.40 bits per heavy atom. The van der Waals surface area contributed by atoms with Gasteiger partial charge in [-0.1, -0.05) is 111 Å². The van der Waals surface area contributed by atoms with Gasteiger partial charge in [-0.25, -0.2) is 4.79 Å². The molecule has 2 unspecified atom stereocenters. The first-order valence-electron chi connectivity index (χ1n) is 16.8. The highest BCUT2D eigenvalue weighted by atomic mass is 32.1. The molecule has 0 bridgehead atoms. The van der Waals surface area contributed by atoms with E-state index in [1.54, 1.807) is 11.3 Å². The molecule has 1 N–H and O–H groups in total. The molecule has 8 rings (SSSR count). The number of hydrogen-bond donors (Lipinski definition) is 1. The third-order valence-corrected chi connectivity index (χ3v) is 12.1. The summed E-state index contributed by atoms with van der Waals surface area (Å²) in [4.78, 5) is 14.3. The van der Waals surface area contributed by atoms with Gasteiger partial charge >= 0.3 is 5.97 Å². The van der Waals surface area contributed by atoms with E-state index in [2.05, 4.69) is 110 Å². The Morgan fingerprint density at radius 2 is 1.60 bits per heavy atom. The number of carboxylic acids is 1. The summed E-state index contributed by atoms with van der Waals surface area (Å²) in [6.07, 6.45) is 10.1. The lowest BCUT2D eigenvalue weighted by Gasteiger charge is -2.52. The van der Waals surface area contributed by atoms with Crippen molar-refractivity contribution in [2.75, 3.05) is 4.90 Å². The minimum atomic E-state index is -0.842. The lowest BCUT2D eigenvalue weighted by Crippen LogP contribution is -2.56. The van der Waals surface area contributed by atoms with Crippen molar-refractivity contribution < 1.29 is 14.5 Å². The minimum absolute atomic E-state index is 0.0490. The molecule has 2 heterocycles. The number of carboxylic acid groups (broad SMARTS) is 1. The number of carbonyl (C=O) groups is 1. The zero-order chi connectivity index (χ0) is 32.2. The SMILES string of the molecule is CCC12CCCCC1(C)c1cc(-c3ccc(/C=C/c4sc5ccccc5[n+]4CC(=O)O)cc3)ccc1N2c1ccc2ccccc2c1. The van der Waals surface area contributed by atoms with Crippen LogP contribution >= 0.6 is 11.3 Å². The fourth-order valence-corrected chi connectivity index (χ4v) is 9.65. The lowest BCUT2D eigenvalue weighted by atomic mass is 9.59. The molecule has 4 nitrogen and oxygen atoms in total. The number of para-hydroxylation sites is 1. The molecule has 0 amide bonds. The average molecular weight is 636 g/mol. The first-order valence-corrected chi connectivity index (χ1v) is 17.6. The molecule has 2 atom stereocenters. The van der Waals surface area contributed by atoms with Crippen molar-refractivity contribution in [3.63, 3.8) is 0 Å². The predicted molar refractivity (Wildman–Crippen MR) is 195 cm³/mol. The van der Waals surface area contributed by atoms with Crippen LogP contribution in [0, 0.1) is 0 Å². The molecule has 5 heteroatoms. The maximum absolute atomic E-state index is 11.6. The molecular formula is C42H39N2O2S+. The molecule has 1 aliphatic heterocycles. The summed E-state index contributed by atoms with van der Waals surface area (Å²) in [7, 11) is 0. The summed E-state index contributed by atoms with van der Waals surface area (Å²) in [6, 6.07) is 39.5. The zero-order valence-corrected chi connectivity index (χ0v) is 27.8. The Hall–Kier alpha value is -4.74. The summed E-state index contributed by atoms with van der Waals surface area (Å²) in [5.41, 5.74) is 8.73. The number of aliphatic carboxylic acids is 1. The van der Waals surface area contributed by atoms with E-state index in [1.807, 2.05) is 34.9 Å². The highest BCUT2D eigenvalue weighted by molar-refractivity contribution is 7.18. The number of anilines is 2. The fourth-order valence-electron chi connectivity index (χ4n) is 8.59. The molecule has 1 fully saturated rings. The van der Waals surface area contributed by atoms with Gasteiger partial charge in [-0.2, -0.15) is 4.57 Å². The van der Waals surface area contributed by atoms with Crippen LogP contribution in [0.3, 0.4) is 0 Å². The van der Waals surface area contributed by atoms with Crippen molar-refractivity contribution in [2.24, 2.45) is 0 Å². The van der Waals surface area contributed by atoms with Crippen LogP contribution in [-0.2, 0) is 16.8 Å². The van der Waals surface area contributed by atoms with Gasteiger partial charge in [0.1, 0.15) is 4.70 Å². The number of fused-ring (bicyclic) bond motifs is 5. The van der Waals surface area contributed by atoms with Gasteiger partial charge in [0.2, 0.25) is 12.1 Å². The van der Waals surface area contributed by atoms with Crippen molar-refractivity contribution in [2.45, 2.75) is 63.5 Å². The first-order chi connectivity index (χ1) is 22.9. The fraction of sp³-hybridized carbons (Fsp3) is 0.238. The highest BCUT2D eigenvalue weighted by Gasteiger charge is 2.59. The Balaban J connectivity index is 1.14. The number of benzene rings is 5. The molecule has 1 aliphatic carbocycles. The van der Waals surface area contributed by atoms with Crippen LogP contribution < -0.4 is 9.47 Å². The molecule has 1 aromatic heterocycles. The molecule has 0 radical (unpaired) electrons. The van der Waals surface area contributed by atoms with E-state index < -0.39 is 5.97 Å². The van der Waals surface area contributed by atoms with Crippen LogP contribution in [0.1, 0.15) is 62.1 Å². The van der Waals surface area contributed by atoms with Gasteiger partial charge in [0, 0.05) is 28.9 Å². The van der Waals surface area contributed by atoms with Gasteiger partial charge < -0.3 is 10.0 Å². The third-order valence-electron chi connectivity index (χ3n) is 11.0. The Labute approximate surface area is 280 Å². The maximum Gasteiger partial charge on any atom is 0.370 e. The first kappa shape index (κ1) is 29.6. The smallest absolute Gasteiger partial charge is 0.370 e. The van der Waals surface area contributed by atoms with Gasteiger partial charge in [-0.05, 0) is 88.7 Å². The van der Waals surface area contributed by atoms with Gasteiger partial charge in [0.25, 0.3) is 5.01 Å². The van der Waals surface area contributed by atoms with Crippen LogP contribution in [0.2, 0.25) is 0 Å². The van der Waals surface area contributed by atoms with Crippen LogP contribution in [0.5, 0.6) is 0 Å². The van der Waals surface area contributed by atoms with Crippen molar-refractivity contribution in [3.8, 4) is 11.1 Å². The average Bonchev–Trinajstić information content (AvgIpc) is 3.56. The molecule has 6 aromatic rings. The number of rotatable bonds is 7. The monoisotopic (exact) mass is 635 g/mol. The van der Waals surface area contributed by atoms with E-state index in [0.29, 0.717) is 0 Å². The second kappa shape index (κ2) is 11.5. The molecule has 234 valence electrons. The molecular weight excluding hydrogens is 597 g/mol. The Bertz CT molecular complexity index is 2180. The summed E-state index contributed by atoms with van der Waals surface area (Å²) in [5, 5.41) is 13.0. The van der Waals surface area contributed by atoms with E-state index in [-0.39, 0.29) is 17.5 Å². The Kier molecular flexibility index (Phi) is 7.25. The predicted octanol–water partition coefficient (Wildman–Crippen LogP) is 10.4. The van der Waals surface area contributed by atoms with Gasteiger partial charge in [0.15, 0.2) is 0 Å². The number of thiazole rings is 1. The molecule has 0 saturated heterocycles. The van der Waals surface area contributed by atoms with Gasteiger partial charge in [-0.15, -0.1) is 0 Å². The number of hydrogen-bond acceptors (Lipinski definition) is 3. The van der Waals surface area contributed by atoms with E-state index >= 15 is 0 Å². The quantitative estimate of drug-likeness (QED) is 0.178. The van der Waals surface area contributed by atoms with Crippen LogP contribution in [0.25, 0.3) is 44.3 Å². The van der Waals surface area contributed by atoms with E-state index in [9.17, 15) is 9.90 Å². The summed E-state index contributed by atoms with van der Waals surface area (Å²) >= 11 is 1.61. The number of nitrogens with zero attached hydrogens (tertiary/aromatic N) is 2. The van der Waals surface area contributed by atoms with Crippen molar-refractivity contribution >= 4 is 61.8 Å². The van der Waals surface area contributed by atoms with Crippen LogP contribution in [0.15, 0.2) is 109 Å². The normalized spacial score (nSPS) is 20.6. The number of aromatic nitrogens is 1. The molecule has 47 heavy (non-hydrogen) atoms. The summed E-state index contributed by atoms with van der Waals surface area (Å²) < 4.78 is 2.96. The van der Waals surface area contributed by atoms with E-state index in [4.69, 9.17) is 0 Å². The van der Waals surface area contributed by atoms with Gasteiger partial charge in [-0.3, -0.25) is 0 Å². The zero-order valence-electron chi connectivity index (χ0n) is 26.9. The van der Waals surface area contributed by atoms with Gasteiger partial charge in [0.05, 0.1) is 5.54 Å². The van der Waals surface area contributed by atoms with Crippen LogP contribution in [-0.4, -0.2) is 16.6 Å². The second-order valence-electron chi connectivity index (χ2n) is 13.4. The van der Waals surface area contributed by atoms with Crippen LogP contribution in [0.4, 0.5) is 11.4 Å². The molecule has 5 aromatic carbocycles. The minimum Gasteiger partial charge on any atom is -0.477 e. The second-order valence-corrected chi connectivity index (χ2v) is 14.4. The van der Waals surface area contributed by atoms with E-state index in [0.717, 1.165) is 27.2 Å².